The second-order valence-corrected chi connectivity index (χ2v) is 10.5. The van der Waals surface area contributed by atoms with E-state index in [4.69, 9.17) is 17.3 Å². The van der Waals surface area contributed by atoms with Gasteiger partial charge in [0.15, 0.2) is 16.5 Å². The highest BCUT2D eigenvalue weighted by Gasteiger charge is 2.29. The molecule has 1 unspecified atom stereocenters. The largest absolute Gasteiger partial charge is 0.313 e. The topological polar surface area (TPSA) is 61.3 Å². The molecule has 2 aliphatic rings. The predicted molar refractivity (Wildman–Crippen MR) is 112 cm³/mol. The molecule has 6 nitrogen and oxygen atoms in total. The number of sulfone groups is 1. The van der Waals surface area contributed by atoms with E-state index in [9.17, 15) is 8.42 Å². The van der Waals surface area contributed by atoms with Gasteiger partial charge in [-0.15, -0.1) is 0 Å². The van der Waals surface area contributed by atoms with Crippen LogP contribution in [0.3, 0.4) is 0 Å². The fourth-order valence-electron chi connectivity index (χ4n) is 4.16. The first-order valence-electron chi connectivity index (χ1n) is 9.82. The van der Waals surface area contributed by atoms with Crippen LogP contribution >= 0.6 is 12.2 Å². The summed E-state index contributed by atoms with van der Waals surface area (Å²) in [7, 11) is -0.929. The maximum Gasteiger partial charge on any atom is 0.202 e. The molecule has 1 fully saturated rings. The SMILES string of the molecule is Cn1c(C[C@H]2CCS(=O)(=O)C2)nn(C[NH+]2CC=C(c3ccccc3)CC2)c1=S. The molecule has 2 aromatic rings. The molecule has 1 aromatic carbocycles. The van der Waals surface area contributed by atoms with Crippen molar-refractivity contribution in [3.8, 4) is 0 Å². The molecule has 4 rings (SSSR count). The molecule has 2 atom stereocenters. The number of aromatic nitrogens is 3. The number of hydrogen-bond donors (Lipinski definition) is 1. The van der Waals surface area contributed by atoms with Crippen molar-refractivity contribution in [1.82, 2.24) is 14.3 Å². The van der Waals surface area contributed by atoms with E-state index >= 15 is 0 Å². The van der Waals surface area contributed by atoms with Gasteiger partial charge in [-0.2, -0.15) is 9.78 Å². The minimum Gasteiger partial charge on any atom is -0.313 e. The molecule has 2 aliphatic heterocycles. The van der Waals surface area contributed by atoms with Crippen LogP contribution in [0.25, 0.3) is 5.57 Å². The Balaban J connectivity index is 1.42. The molecular weight excluding hydrogens is 392 g/mol. The first kappa shape index (κ1) is 19.5. The Kier molecular flexibility index (Phi) is 5.53. The third-order valence-corrected chi connectivity index (χ3v) is 8.15. The Hall–Kier alpha value is -1.77. The zero-order valence-corrected chi connectivity index (χ0v) is 17.8. The standard InChI is InChI=1S/C20H26N4O2S2/c1-22-19(13-16-9-12-28(25,26)14-16)21-24(20(22)27)15-23-10-7-18(8-11-23)17-5-3-2-4-6-17/h2-7,16H,8-15H2,1H3/p+1/t16-/m1/s1. The van der Waals surface area contributed by atoms with Gasteiger partial charge in [-0.25, -0.2) is 8.42 Å². The second-order valence-electron chi connectivity index (χ2n) is 7.94. The first-order chi connectivity index (χ1) is 13.4. The molecule has 0 spiro atoms. The summed E-state index contributed by atoms with van der Waals surface area (Å²) in [6.45, 7) is 2.75. The van der Waals surface area contributed by atoms with E-state index in [2.05, 4.69) is 30.3 Å². The number of hydrogen-bond acceptors (Lipinski definition) is 4. The summed E-state index contributed by atoms with van der Waals surface area (Å²) in [4.78, 5) is 1.43. The van der Waals surface area contributed by atoms with Gasteiger partial charge in [0.25, 0.3) is 0 Å². The summed E-state index contributed by atoms with van der Waals surface area (Å²) in [6, 6.07) is 10.5. The highest BCUT2D eigenvalue weighted by molar-refractivity contribution is 7.91. The number of nitrogens with one attached hydrogen (secondary N) is 1. The van der Waals surface area contributed by atoms with Crippen LogP contribution in [-0.4, -0.2) is 47.4 Å². The molecule has 1 N–H and O–H groups in total. The molecule has 1 saturated heterocycles. The maximum atomic E-state index is 11.7. The summed E-state index contributed by atoms with van der Waals surface area (Å²) in [5.74, 6) is 1.63. The first-order valence-corrected chi connectivity index (χ1v) is 12.1. The third-order valence-electron chi connectivity index (χ3n) is 5.83. The summed E-state index contributed by atoms with van der Waals surface area (Å²) in [5, 5.41) is 4.73. The zero-order chi connectivity index (χ0) is 19.7. The summed E-state index contributed by atoms with van der Waals surface area (Å²) in [6.07, 6.45) is 4.78. The highest BCUT2D eigenvalue weighted by Crippen LogP contribution is 2.22. The van der Waals surface area contributed by atoms with Gasteiger partial charge >= 0.3 is 0 Å². The predicted octanol–water partition coefficient (Wildman–Crippen LogP) is 1.26. The summed E-state index contributed by atoms with van der Waals surface area (Å²) < 4.78 is 28.0. The minimum atomic E-state index is -2.86. The van der Waals surface area contributed by atoms with Gasteiger partial charge in [0.05, 0.1) is 24.6 Å². The molecule has 150 valence electrons. The smallest absolute Gasteiger partial charge is 0.202 e. The molecule has 28 heavy (non-hydrogen) atoms. The molecule has 0 radical (unpaired) electrons. The van der Waals surface area contributed by atoms with Crippen molar-refractivity contribution in [2.45, 2.75) is 25.9 Å². The Morgan fingerprint density at radius 1 is 1.29 bits per heavy atom. The molecular formula is C20H27N4O2S2+. The van der Waals surface area contributed by atoms with Crippen LogP contribution in [0.5, 0.6) is 0 Å². The van der Waals surface area contributed by atoms with Crippen LogP contribution in [0.4, 0.5) is 0 Å². The van der Waals surface area contributed by atoms with Gasteiger partial charge in [-0.05, 0) is 41.8 Å². The van der Waals surface area contributed by atoms with E-state index in [1.807, 2.05) is 22.4 Å². The van der Waals surface area contributed by atoms with Gasteiger partial charge in [0.2, 0.25) is 4.77 Å². The van der Waals surface area contributed by atoms with E-state index in [1.165, 1.54) is 16.0 Å². The van der Waals surface area contributed by atoms with E-state index in [0.717, 1.165) is 38.4 Å². The Morgan fingerprint density at radius 2 is 2.07 bits per heavy atom. The van der Waals surface area contributed by atoms with Crippen LogP contribution in [-0.2, 0) is 30.0 Å². The molecule has 1 aromatic heterocycles. The number of nitrogens with zero attached hydrogens (tertiary/aromatic N) is 3. The van der Waals surface area contributed by atoms with Crippen LogP contribution in [0.1, 0.15) is 24.2 Å². The molecule has 3 heterocycles. The number of rotatable bonds is 5. The minimum absolute atomic E-state index is 0.160. The average molecular weight is 420 g/mol. The lowest BCUT2D eigenvalue weighted by Crippen LogP contribution is -3.11. The van der Waals surface area contributed by atoms with E-state index in [0.29, 0.717) is 16.9 Å². The fraction of sp³-hybridized carbons (Fsp3) is 0.500. The number of benzene rings is 1. The van der Waals surface area contributed by atoms with Crippen molar-refractivity contribution in [2.75, 3.05) is 24.6 Å². The zero-order valence-electron chi connectivity index (χ0n) is 16.2. The van der Waals surface area contributed by atoms with Crippen LogP contribution in [0.2, 0.25) is 0 Å². The van der Waals surface area contributed by atoms with Gasteiger partial charge in [0.1, 0.15) is 5.82 Å². The van der Waals surface area contributed by atoms with Gasteiger partial charge in [-0.1, -0.05) is 30.3 Å². The van der Waals surface area contributed by atoms with Crippen molar-refractivity contribution in [3.63, 3.8) is 0 Å². The van der Waals surface area contributed by atoms with Crippen molar-refractivity contribution in [2.24, 2.45) is 13.0 Å². The quantitative estimate of drug-likeness (QED) is 0.742. The third kappa shape index (κ3) is 4.29. The molecule has 0 saturated carbocycles. The average Bonchev–Trinajstić information content (AvgIpc) is 3.17. The van der Waals surface area contributed by atoms with Crippen molar-refractivity contribution in [1.29, 1.82) is 0 Å². The summed E-state index contributed by atoms with van der Waals surface area (Å²) in [5.41, 5.74) is 2.72. The van der Waals surface area contributed by atoms with E-state index < -0.39 is 9.84 Å². The number of quaternary nitrogens is 1. The van der Waals surface area contributed by atoms with Crippen LogP contribution in [0.15, 0.2) is 36.4 Å². The van der Waals surface area contributed by atoms with Gasteiger partial charge < -0.3 is 9.47 Å². The Morgan fingerprint density at radius 3 is 2.71 bits per heavy atom. The van der Waals surface area contributed by atoms with Crippen LogP contribution < -0.4 is 4.90 Å². The van der Waals surface area contributed by atoms with Crippen molar-refractivity contribution >= 4 is 27.6 Å². The molecule has 8 heteroatoms. The lowest BCUT2D eigenvalue weighted by Gasteiger charge is -2.23. The molecule has 0 amide bonds. The lowest BCUT2D eigenvalue weighted by atomic mass is 10.00. The van der Waals surface area contributed by atoms with Gasteiger partial charge in [0, 0.05) is 19.9 Å². The molecule has 0 bridgehead atoms. The molecule has 0 aliphatic carbocycles. The highest BCUT2D eigenvalue weighted by atomic mass is 32.2. The van der Waals surface area contributed by atoms with Crippen molar-refractivity contribution in [3.05, 3.63) is 52.6 Å². The Labute approximate surface area is 171 Å². The van der Waals surface area contributed by atoms with Gasteiger partial charge in [-0.3, -0.25) is 0 Å². The Bertz CT molecular complexity index is 1040. The lowest BCUT2D eigenvalue weighted by molar-refractivity contribution is -0.918. The normalized spacial score (nSPS) is 24.2. The van der Waals surface area contributed by atoms with Crippen molar-refractivity contribution < 1.29 is 13.3 Å². The van der Waals surface area contributed by atoms with E-state index in [-0.39, 0.29) is 11.7 Å². The monoisotopic (exact) mass is 419 g/mol. The fourth-order valence-corrected chi connectivity index (χ4v) is 6.23. The summed E-state index contributed by atoms with van der Waals surface area (Å²) >= 11 is 5.58. The van der Waals surface area contributed by atoms with E-state index in [1.54, 1.807) is 0 Å². The van der Waals surface area contributed by atoms with Crippen LogP contribution in [0, 0.1) is 10.7 Å². The second kappa shape index (κ2) is 7.93. The maximum absolute atomic E-state index is 11.7.